The number of hydrogen-bond donors (Lipinski definition) is 1. The van der Waals surface area contributed by atoms with Crippen LogP contribution in [-0.2, 0) is 10.2 Å². The molecular weight excluding hydrogens is 316 g/mol. The van der Waals surface area contributed by atoms with Gasteiger partial charge in [0.2, 0.25) is 0 Å². The van der Waals surface area contributed by atoms with Gasteiger partial charge in [0, 0.05) is 24.5 Å². The zero-order valence-corrected chi connectivity index (χ0v) is 13.8. The predicted octanol–water partition coefficient (Wildman–Crippen LogP) is 2.51. The predicted molar refractivity (Wildman–Crippen MR) is 79.1 cm³/mol. The third-order valence-corrected chi connectivity index (χ3v) is 6.31. The Balaban J connectivity index is 2.35. The summed E-state index contributed by atoms with van der Waals surface area (Å²) in [4.78, 5) is 0. The van der Waals surface area contributed by atoms with E-state index in [-0.39, 0.29) is 6.04 Å². The van der Waals surface area contributed by atoms with E-state index in [1.54, 1.807) is 4.31 Å². The first kappa shape index (κ1) is 16.4. The van der Waals surface area contributed by atoms with E-state index < -0.39 is 10.2 Å². The molecule has 18 heavy (non-hydrogen) atoms. The Morgan fingerprint density at radius 2 is 2.17 bits per heavy atom. The smallest absolute Gasteiger partial charge is 0.202 e. The van der Waals surface area contributed by atoms with Gasteiger partial charge in [0.05, 0.1) is 0 Å². The van der Waals surface area contributed by atoms with Crippen molar-refractivity contribution in [2.24, 2.45) is 5.92 Å². The third-order valence-electron chi connectivity index (χ3n) is 3.47. The lowest BCUT2D eigenvalue weighted by Gasteiger charge is -2.32. The topological polar surface area (TPSA) is 49.4 Å². The minimum Gasteiger partial charge on any atom is -0.202 e. The van der Waals surface area contributed by atoms with Gasteiger partial charge >= 0.3 is 0 Å². The molecule has 0 aromatic rings. The van der Waals surface area contributed by atoms with Crippen molar-refractivity contribution in [1.82, 2.24) is 9.03 Å². The maximum atomic E-state index is 12.1. The molecule has 1 saturated heterocycles. The van der Waals surface area contributed by atoms with E-state index in [4.69, 9.17) is 0 Å². The Hall–Kier alpha value is 0.350. The molecule has 1 heterocycles. The SMILES string of the molecule is CC(CBr)CCCNS(=O)(=O)N1CCCCC1C. The standard InChI is InChI=1S/C12H25BrN2O2S/c1-11(10-13)6-5-8-14-18(16,17)15-9-4-3-7-12(15)2/h11-12,14H,3-10H2,1-2H3. The van der Waals surface area contributed by atoms with Crippen molar-refractivity contribution in [3.8, 4) is 0 Å². The van der Waals surface area contributed by atoms with E-state index in [0.717, 1.165) is 37.4 Å². The quantitative estimate of drug-likeness (QED) is 0.571. The van der Waals surface area contributed by atoms with Gasteiger partial charge in [0.15, 0.2) is 0 Å². The first-order chi connectivity index (χ1) is 8.47. The lowest BCUT2D eigenvalue weighted by atomic mass is 10.1. The lowest BCUT2D eigenvalue weighted by molar-refractivity contribution is 0.265. The maximum absolute atomic E-state index is 12.1. The van der Waals surface area contributed by atoms with Crippen LogP contribution in [0.4, 0.5) is 0 Å². The Morgan fingerprint density at radius 3 is 2.78 bits per heavy atom. The van der Waals surface area contributed by atoms with Gasteiger partial charge in [0.1, 0.15) is 0 Å². The summed E-state index contributed by atoms with van der Waals surface area (Å²) in [5.74, 6) is 0.600. The summed E-state index contributed by atoms with van der Waals surface area (Å²) < 4.78 is 28.6. The van der Waals surface area contributed by atoms with Gasteiger partial charge in [-0.15, -0.1) is 0 Å². The first-order valence-electron chi connectivity index (χ1n) is 6.79. The summed E-state index contributed by atoms with van der Waals surface area (Å²) >= 11 is 3.43. The van der Waals surface area contributed by atoms with Gasteiger partial charge in [-0.2, -0.15) is 12.7 Å². The second-order valence-corrected chi connectivity index (χ2v) is 7.61. The van der Waals surface area contributed by atoms with Crippen molar-refractivity contribution in [2.45, 2.75) is 52.0 Å². The average molecular weight is 341 g/mol. The summed E-state index contributed by atoms with van der Waals surface area (Å²) in [6.07, 6.45) is 5.03. The number of nitrogens with one attached hydrogen (secondary N) is 1. The van der Waals surface area contributed by atoms with Crippen molar-refractivity contribution in [1.29, 1.82) is 0 Å². The number of hydrogen-bond acceptors (Lipinski definition) is 2. The fourth-order valence-electron chi connectivity index (χ4n) is 2.24. The molecule has 0 aromatic heterocycles. The summed E-state index contributed by atoms with van der Waals surface area (Å²) in [7, 11) is -3.27. The van der Waals surface area contributed by atoms with E-state index in [2.05, 4.69) is 27.6 Å². The van der Waals surface area contributed by atoms with Crippen LogP contribution in [-0.4, -0.2) is 37.2 Å². The lowest BCUT2D eigenvalue weighted by Crippen LogP contribution is -2.48. The highest BCUT2D eigenvalue weighted by Gasteiger charge is 2.28. The van der Waals surface area contributed by atoms with Gasteiger partial charge in [-0.1, -0.05) is 29.3 Å². The number of halogens is 1. The van der Waals surface area contributed by atoms with E-state index >= 15 is 0 Å². The van der Waals surface area contributed by atoms with Crippen molar-refractivity contribution < 1.29 is 8.42 Å². The van der Waals surface area contributed by atoms with Crippen molar-refractivity contribution in [3.05, 3.63) is 0 Å². The molecule has 1 aliphatic heterocycles. The van der Waals surface area contributed by atoms with Crippen LogP contribution in [0.25, 0.3) is 0 Å². The molecule has 0 aromatic carbocycles. The number of nitrogens with zero attached hydrogens (tertiary/aromatic N) is 1. The van der Waals surface area contributed by atoms with Crippen molar-refractivity contribution in [2.75, 3.05) is 18.4 Å². The van der Waals surface area contributed by atoms with Crippen molar-refractivity contribution >= 4 is 26.1 Å². The van der Waals surface area contributed by atoms with E-state index in [1.807, 2.05) is 6.92 Å². The maximum Gasteiger partial charge on any atom is 0.279 e. The Kier molecular flexibility index (Phi) is 7.13. The number of piperidine rings is 1. The molecule has 0 amide bonds. The minimum atomic E-state index is -3.27. The zero-order valence-electron chi connectivity index (χ0n) is 11.4. The number of rotatable bonds is 7. The van der Waals surface area contributed by atoms with Gasteiger partial charge in [0.25, 0.3) is 10.2 Å². The zero-order chi connectivity index (χ0) is 13.6. The minimum absolute atomic E-state index is 0.137. The summed E-state index contributed by atoms with van der Waals surface area (Å²) in [6.45, 7) is 5.36. The second kappa shape index (κ2) is 7.82. The highest BCUT2D eigenvalue weighted by molar-refractivity contribution is 9.09. The van der Waals surface area contributed by atoms with Crippen LogP contribution in [0.2, 0.25) is 0 Å². The van der Waals surface area contributed by atoms with Crippen molar-refractivity contribution in [3.63, 3.8) is 0 Å². The molecule has 2 atom stereocenters. The van der Waals surface area contributed by atoms with E-state index in [9.17, 15) is 8.42 Å². The van der Waals surface area contributed by atoms with Crippen LogP contribution in [0.5, 0.6) is 0 Å². The van der Waals surface area contributed by atoms with E-state index in [1.165, 1.54) is 0 Å². The van der Waals surface area contributed by atoms with Crippen LogP contribution in [0.1, 0.15) is 46.0 Å². The highest BCUT2D eigenvalue weighted by Crippen LogP contribution is 2.19. The fraction of sp³-hybridized carbons (Fsp3) is 1.00. The summed E-state index contributed by atoms with van der Waals surface area (Å²) in [6, 6.07) is 0.137. The van der Waals surface area contributed by atoms with Crippen LogP contribution in [0.15, 0.2) is 0 Å². The van der Waals surface area contributed by atoms with Gasteiger partial charge < -0.3 is 0 Å². The summed E-state index contributed by atoms with van der Waals surface area (Å²) in [5.41, 5.74) is 0. The highest BCUT2D eigenvalue weighted by atomic mass is 79.9. The molecule has 108 valence electrons. The van der Waals surface area contributed by atoms with Gasteiger partial charge in [-0.05, 0) is 38.5 Å². The van der Waals surface area contributed by atoms with Crippen LogP contribution in [0.3, 0.4) is 0 Å². The monoisotopic (exact) mass is 340 g/mol. The van der Waals surface area contributed by atoms with Crippen LogP contribution in [0, 0.1) is 5.92 Å². The summed E-state index contributed by atoms with van der Waals surface area (Å²) in [5, 5.41) is 0.975. The molecule has 6 heteroatoms. The Labute approximate surface area is 120 Å². The third kappa shape index (κ3) is 5.15. The van der Waals surface area contributed by atoms with E-state index in [0.29, 0.717) is 19.0 Å². The molecule has 0 saturated carbocycles. The van der Waals surface area contributed by atoms with Crippen LogP contribution < -0.4 is 4.72 Å². The largest absolute Gasteiger partial charge is 0.279 e. The molecule has 0 aliphatic carbocycles. The normalized spacial score (nSPS) is 24.1. The molecule has 2 unspecified atom stereocenters. The molecule has 4 nitrogen and oxygen atoms in total. The molecule has 0 bridgehead atoms. The molecule has 0 spiro atoms. The molecule has 1 aliphatic rings. The van der Waals surface area contributed by atoms with Gasteiger partial charge in [-0.25, -0.2) is 4.72 Å². The fourth-order valence-corrected chi connectivity index (χ4v) is 4.08. The molecule has 1 rings (SSSR count). The molecule has 1 fully saturated rings. The van der Waals surface area contributed by atoms with Gasteiger partial charge in [-0.3, -0.25) is 0 Å². The average Bonchev–Trinajstić information content (AvgIpc) is 2.34. The van der Waals surface area contributed by atoms with Crippen LogP contribution >= 0.6 is 15.9 Å². The Morgan fingerprint density at radius 1 is 1.44 bits per heavy atom. The molecule has 0 radical (unpaired) electrons. The molecular formula is C12H25BrN2O2S. The first-order valence-corrected chi connectivity index (χ1v) is 9.36. The number of alkyl halides is 1. The Bertz CT molecular complexity index is 335. The molecule has 1 N–H and O–H groups in total. The second-order valence-electron chi connectivity index (χ2n) is 5.26.